The van der Waals surface area contributed by atoms with Gasteiger partial charge in [0.2, 0.25) is 0 Å². The molecule has 0 amide bonds. The van der Waals surface area contributed by atoms with E-state index in [-0.39, 0.29) is 79.3 Å². The molecular formula is C116H192O16. The van der Waals surface area contributed by atoms with E-state index in [1.54, 1.807) is 76.2 Å². The average molecular weight is 1840 g/mol. The summed E-state index contributed by atoms with van der Waals surface area (Å²) in [6.07, 6.45) is 80.2. The standard InChI is InChI=1S/C116H192O16/c1-9-17-21-25-29-33-37-41-45-49-53-57-61-65-69-73-77-129-109-101-81-97(113(117)125-13-5)82-102(109)90-122-92-104-84-99(115(119)127-15-7)86-106(111(104)131-79-75-71-67-63-59-55-51-47-43-39-35-31-27-23-19-11-3)94-124-96-108-88-100(116(120)128-16-8)87-107(112(108)132-80-76-72-68-64-60-56-52-48-44-40-36-32-28-24-20-12-4)95-123-93-105-85-98(114(118)126-14-6)83-103(91-121-89-101)110(105)130-78-74-70-66-62-58-54-50-46-42-38-34-30-26-22-18-10-2/h81-88H,9-80,89-96H2,1-8H3. The number of benzene rings is 4. The van der Waals surface area contributed by atoms with Crippen LogP contribution in [0.1, 0.15) is 552 Å². The predicted molar refractivity (Wildman–Crippen MR) is 544 cm³/mol. The van der Waals surface area contributed by atoms with Crippen LogP contribution in [0.4, 0.5) is 0 Å². The van der Waals surface area contributed by atoms with Crippen LogP contribution in [0, 0.1) is 0 Å². The molecule has 1 heterocycles. The summed E-state index contributed by atoms with van der Waals surface area (Å²) in [5.41, 5.74) is 6.22. The Morgan fingerprint density at radius 1 is 0.182 bits per heavy atom. The van der Waals surface area contributed by atoms with Crippen molar-refractivity contribution in [3.8, 4) is 23.0 Å². The zero-order valence-electron chi connectivity index (χ0n) is 85.7. The van der Waals surface area contributed by atoms with E-state index in [1.807, 2.05) is 0 Å². The lowest BCUT2D eigenvalue weighted by atomic mass is 10.0. The molecule has 0 saturated carbocycles. The minimum absolute atomic E-state index is 0.00772. The maximum atomic E-state index is 14.2. The Balaban J connectivity index is 1.55. The Morgan fingerprint density at radius 2 is 0.295 bits per heavy atom. The molecular weight excluding hydrogens is 1650 g/mol. The summed E-state index contributed by atoms with van der Waals surface area (Å²) in [4.78, 5) is 56.9. The van der Waals surface area contributed by atoms with E-state index in [4.69, 9.17) is 56.8 Å². The molecule has 1 aliphatic heterocycles. The molecule has 5 rings (SSSR count). The van der Waals surface area contributed by atoms with Crippen molar-refractivity contribution >= 4 is 23.9 Å². The van der Waals surface area contributed by atoms with E-state index in [2.05, 4.69) is 27.7 Å². The van der Waals surface area contributed by atoms with Crippen LogP contribution in [0.3, 0.4) is 0 Å². The summed E-state index contributed by atoms with van der Waals surface area (Å²) in [5, 5.41) is 0. The van der Waals surface area contributed by atoms with Crippen LogP contribution in [0.25, 0.3) is 0 Å². The number of unbranched alkanes of at least 4 members (excludes halogenated alkanes) is 60. The quantitative estimate of drug-likeness (QED) is 0.0231. The van der Waals surface area contributed by atoms with E-state index in [1.165, 1.54) is 334 Å². The number of fused-ring (bicyclic) bond motifs is 8. The number of ether oxygens (including phenoxy) is 12. The Labute approximate surface area is 805 Å². The highest BCUT2D eigenvalue weighted by molar-refractivity contribution is 5.92. The third-order valence-electron chi connectivity index (χ3n) is 26.1. The Kier molecular flexibility index (Phi) is 71.2. The number of esters is 4. The smallest absolute Gasteiger partial charge is 0.338 e. The van der Waals surface area contributed by atoms with Gasteiger partial charge in [-0.3, -0.25) is 0 Å². The van der Waals surface area contributed by atoms with Gasteiger partial charge in [-0.25, -0.2) is 19.2 Å². The molecule has 0 radical (unpaired) electrons. The van der Waals surface area contributed by atoms with Gasteiger partial charge in [0.05, 0.1) is 128 Å². The zero-order valence-corrected chi connectivity index (χ0v) is 85.7. The largest absolute Gasteiger partial charge is 0.493 e. The summed E-state index contributed by atoms with van der Waals surface area (Å²) >= 11 is 0. The molecule has 16 heteroatoms. The highest BCUT2D eigenvalue weighted by atomic mass is 16.6. The molecule has 0 N–H and O–H groups in total. The monoisotopic (exact) mass is 1840 g/mol. The van der Waals surface area contributed by atoms with Gasteiger partial charge in [0.1, 0.15) is 23.0 Å². The van der Waals surface area contributed by atoms with Crippen molar-refractivity contribution in [3.05, 3.63) is 115 Å². The number of rotatable bonds is 80. The topological polar surface area (TPSA) is 179 Å². The van der Waals surface area contributed by atoms with E-state index in [9.17, 15) is 19.2 Å². The molecule has 0 unspecified atom stereocenters. The second-order valence-corrected chi connectivity index (χ2v) is 38.0. The van der Waals surface area contributed by atoms with Gasteiger partial charge in [-0.2, -0.15) is 0 Å². The van der Waals surface area contributed by atoms with Crippen molar-refractivity contribution in [2.45, 2.75) is 519 Å². The fraction of sp³-hybridized carbons (Fsp3) is 0.759. The van der Waals surface area contributed by atoms with E-state index in [0.717, 1.165) is 77.0 Å². The molecule has 8 bridgehead atoms. The number of hydrogen-bond acceptors (Lipinski definition) is 16. The van der Waals surface area contributed by atoms with Crippen molar-refractivity contribution in [2.75, 3.05) is 52.9 Å². The van der Waals surface area contributed by atoms with Crippen molar-refractivity contribution < 1.29 is 76.0 Å². The third-order valence-corrected chi connectivity index (χ3v) is 26.1. The minimum Gasteiger partial charge on any atom is -0.493 e. The molecule has 0 fully saturated rings. The number of carbonyl (C=O) groups is 4. The molecule has 0 aromatic heterocycles. The second-order valence-electron chi connectivity index (χ2n) is 38.0. The van der Waals surface area contributed by atoms with Crippen molar-refractivity contribution in [1.29, 1.82) is 0 Å². The van der Waals surface area contributed by atoms with Gasteiger partial charge in [-0.05, 0) is 102 Å². The highest BCUT2D eigenvalue weighted by Gasteiger charge is 2.26. The first-order chi connectivity index (χ1) is 65.0. The highest BCUT2D eigenvalue weighted by Crippen LogP contribution is 2.38. The molecule has 0 saturated heterocycles. The normalized spacial score (nSPS) is 12.7. The van der Waals surface area contributed by atoms with Crippen LogP contribution >= 0.6 is 0 Å². The van der Waals surface area contributed by atoms with Gasteiger partial charge < -0.3 is 56.8 Å². The Hall–Kier alpha value is -6.20. The number of hydrogen-bond donors (Lipinski definition) is 0. The van der Waals surface area contributed by atoms with E-state index >= 15 is 0 Å². The summed E-state index contributed by atoms with van der Waals surface area (Å²) in [6, 6.07) is 14.4. The molecule has 1 aliphatic rings. The van der Waals surface area contributed by atoms with Crippen molar-refractivity contribution in [3.63, 3.8) is 0 Å². The zero-order chi connectivity index (χ0) is 94.3. The lowest BCUT2D eigenvalue weighted by molar-refractivity contribution is 0.0515. The van der Waals surface area contributed by atoms with Gasteiger partial charge in [0, 0.05) is 44.5 Å². The molecule has 4 aromatic rings. The second kappa shape index (κ2) is 80.9. The SMILES string of the molecule is CCCCCCCCCCCCCCCCCCOc1c2cc(C(=O)OCC)cc1COCc1cc(C(=O)OCC)cc(c1OCCCCCCCCCCCCCCCCCC)COCc1cc(C(=O)OCC)cc(c1OCCCCCCCCCCCCCCCCCC)COCc1cc(C(=O)OCC)cc(c1OCCCCCCCCCCCCCCCCCC)COC2. The lowest BCUT2D eigenvalue weighted by Gasteiger charge is -2.22. The summed E-state index contributed by atoms with van der Waals surface area (Å²) in [5.74, 6) is 0.196. The van der Waals surface area contributed by atoms with Crippen LogP contribution < -0.4 is 18.9 Å². The minimum atomic E-state index is -0.497. The summed E-state index contributed by atoms with van der Waals surface area (Å²) in [6.45, 7) is 18.6. The van der Waals surface area contributed by atoms with Gasteiger partial charge in [0.25, 0.3) is 0 Å². The first kappa shape index (κ1) is 116. The van der Waals surface area contributed by atoms with Gasteiger partial charge in [0.15, 0.2) is 0 Å². The molecule has 752 valence electrons. The third kappa shape index (κ3) is 54.1. The van der Waals surface area contributed by atoms with Crippen LogP contribution in [0.5, 0.6) is 23.0 Å². The lowest BCUT2D eigenvalue weighted by Crippen LogP contribution is -2.14. The average Bonchev–Trinajstić information content (AvgIpc) is 0.810. The predicted octanol–water partition coefficient (Wildman–Crippen LogP) is 34.1. The Bertz CT molecular complexity index is 2970. The maximum Gasteiger partial charge on any atom is 0.338 e. The van der Waals surface area contributed by atoms with Crippen molar-refractivity contribution in [1.82, 2.24) is 0 Å². The van der Waals surface area contributed by atoms with Crippen LogP contribution in [-0.2, 0) is 90.7 Å². The fourth-order valence-electron chi connectivity index (χ4n) is 18.3. The van der Waals surface area contributed by atoms with E-state index in [0.29, 0.717) is 116 Å². The van der Waals surface area contributed by atoms with Gasteiger partial charge in [-0.15, -0.1) is 0 Å². The molecule has 132 heavy (non-hydrogen) atoms. The summed E-state index contributed by atoms with van der Waals surface area (Å²) in [7, 11) is 0. The molecule has 0 spiro atoms. The first-order valence-corrected chi connectivity index (χ1v) is 55.2. The molecule has 16 nitrogen and oxygen atoms in total. The van der Waals surface area contributed by atoms with Crippen molar-refractivity contribution in [2.24, 2.45) is 0 Å². The first-order valence-electron chi connectivity index (χ1n) is 55.2. The van der Waals surface area contributed by atoms with Crippen LogP contribution in [-0.4, -0.2) is 76.7 Å². The Morgan fingerprint density at radius 3 is 0.409 bits per heavy atom. The van der Waals surface area contributed by atoms with Crippen LogP contribution in [0.15, 0.2) is 48.5 Å². The molecule has 0 aliphatic carbocycles. The molecule has 4 aromatic carbocycles. The maximum absolute atomic E-state index is 14.2. The van der Waals surface area contributed by atoms with Gasteiger partial charge in [-0.1, -0.05) is 413 Å². The fourth-order valence-corrected chi connectivity index (χ4v) is 18.3. The summed E-state index contributed by atoms with van der Waals surface area (Å²) < 4.78 is 78.8. The molecule has 0 atom stereocenters. The van der Waals surface area contributed by atoms with E-state index < -0.39 is 23.9 Å². The van der Waals surface area contributed by atoms with Crippen LogP contribution in [0.2, 0.25) is 0 Å². The van der Waals surface area contributed by atoms with Gasteiger partial charge >= 0.3 is 23.9 Å². The number of carbonyl (C=O) groups excluding carboxylic acids is 4.